The van der Waals surface area contributed by atoms with Crippen LogP contribution in [0.3, 0.4) is 0 Å². The fourth-order valence-corrected chi connectivity index (χ4v) is 5.71. The molecule has 1 unspecified atom stereocenters. The van der Waals surface area contributed by atoms with Crippen LogP contribution in [0.1, 0.15) is 182 Å². The lowest BCUT2D eigenvalue weighted by molar-refractivity contribution is 0.114. The maximum Gasteiger partial charge on any atom is 0.101 e. The normalized spacial score (nSPS) is 15.7. The summed E-state index contributed by atoms with van der Waals surface area (Å²) in [6.45, 7) is 10.6. The third-order valence-corrected chi connectivity index (χ3v) is 8.09. The molecule has 0 saturated heterocycles. The van der Waals surface area contributed by atoms with Gasteiger partial charge in [0.15, 0.2) is 0 Å². The molecular weight excluding hydrogens is 424 g/mol. The molecule has 2 heteroatoms. The Labute approximate surface area is 222 Å². The van der Waals surface area contributed by atoms with Crippen molar-refractivity contribution in [3.63, 3.8) is 0 Å². The molecular formula is C33H66N2. The Morgan fingerprint density at radius 1 is 0.486 bits per heavy atom. The van der Waals surface area contributed by atoms with Gasteiger partial charge in [0.1, 0.15) is 6.17 Å². The summed E-state index contributed by atoms with van der Waals surface area (Å²) in [4.78, 5) is 5.26. The maximum atomic E-state index is 2.66. The Balaban J connectivity index is 2.04. The second-order valence-electron chi connectivity index (χ2n) is 11.8. The molecule has 0 N–H and O–H groups in total. The summed E-state index contributed by atoms with van der Waals surface area (Å²) >= 11 is 0. The first-order valence-corrected chi connectivity index (χ1v) is 16.4. The van der Waals surface area contributed by atoms with Crippen LogP contribution in [-0.2, 0) is 0 Å². The fourth-order valence-electron chi connectivity index (χ4n) is 5.71. The van der Waals surface area contributed by atoms with E-state index in [1.807, 2.05) is 0 Å². The number of nitrogens with zero attached hydrogens (tertiary/aromatic N) is 2. The molecule has 1 aliphatic heterocycles. The largest absolute Gasteiger partial charge is 0.356 e. The van der Waals surface area contributed by atoms with E-state index in [-0.39, 0.29) is 0 Å². The molecule has 0 fully saturated rings. The minimum Gasteiger partial charge on any atom is -0.356 e. The fraction of sp³-hybridized carbons (Fsp3) is 0.939. The van der Waals surface area contributed by atoms with E-state index in [4.69, 9.17) is 0 Å². The number of hydrogen-bond acceptors (Lipinski definition) is 2. The summed E-state index contributed by atoms with van der Waals surface area (Å²) < 4.78 is 0. The van der Waals surface area contributed by atoms with Gasteiger partial charge in [0.2, 0.25) is 0 Å². The first kappa shape index (κ1) is 32.4. The van der Waals surface area contributed by atoms with Crippen molar-refractivity contribution in [1.29, 1.82) is 0 Å². The van der Waals surface area contributed by atoms with Gasteiger partial charge >= 0.3 is 0 Å². The third-order valence-electron chi connectivity index (χ3n) is 8.09. The average Bonchev–Trinajstić information content (AvgIpc) is 3.26. The molecule has 0 aliphatic carbocycles. The van der Waals surface area contributed by atoms with Crippen LogP contribution in [0.5, 0.6) is 0 Å². The van der Waals surface area contributed by atoms with Crippen LogP contribution in [-0.4, -0.2) is 28.6 Å². The molecule has 0 amide bonds. The molecule has 208 valence electrons. The lowest BCUT2D eigenvalue weighted by atomic mass is 10.0. The summed E-state index contributed by atoms with van der Waals surface area (Å²) in [5.74, 6) is 0. The standard InChI is InChI=1S/C33H66N2/c1-5-7-9-11-13-15-16-17-18-19-20-22-24-26-28-33-34(30-31-35(33)32(3)4)29-27-25-23-21-14-12-10-8-6-2/h30-33H,5-29H2,1-4H3. The minimum absolute atomic E-state index is 0.607. The van der Waals surface area contributed by atoms with Crippen molar-refractivity contribution in [2.45, 2.75) is 194 Å². The molecule has 2 nitrogen and oxygen atoms in total. The summed E-state index contributed by atoms with van der Waals surface area (Å²) in [5, 5.41) is 0. The van der Waals surface area contributed by atoms with E-state index in [1.165, 1.54) is 161 Å². The number of hydrogen-bond donors (Lipinski definition) is 0. The summed E-state index contributed by atoms with van der Waals surface area (Å²) in [6, 6.07) is 0.607. The van der Waals surface area contributed by atoms with Gasteiger partial charge in [-0.3, -0.25) is 0 Å². The Morgan fingerprint density at radius 3 is 1.26 bits per heavy atom. The van der Waals surface area contributed by atoms with Crippen molar-refractivity contribution in [3.8, 4) is 0 Å². The van der Waals surface area contributed by atoms with Crippen molar-refractivity contribution >= 4 is 0 Å². The molecule has 35 heavy (non-hydrogen) atoms. The molecule has 0 aromatic carbocycles. The Bertz CT molecular complexity index is 458. The van der Waals surface area contributed by atoms with Crippen molar-refractivity contribution in [2.24, 2.45) is 0 Å². The molecule has 0 spiro atoms. The smallest absolute Gasteiger partial charge is 0.101 e. The molecule has 0 bridgehead atoms. The van der Waals surface area contributed by atoms with Gasteiger partial charge in [0.25, 0.3) is 0 Å². The Morgan fingerprint density at radius 2 is 0.857 bits per heavy atom. The topological polar surface area (TPSA) is 6.48 Å². The van der Waals surface area contributed by atoms with Gasteiger partial charge in [0.05, 0.1) is 0 Å². The van der Waals surface area contributed by atoms with E-state index in [0.29, 0.717) is 12.2 Å². The highest BCUT2D eigenvalue weighted by Gasteiger charge is 2.26. The van der Waals surface area contributed by atoms with Crippen LogP contribution in [0.15, 0.2) is 12.4 Å². The molecule has 1 heterocycles. The summed E-state index contributed by atoms with van der Waals surface area (Å²) in [7, 11) is 0. The van der Waals surface area contributed by atoms with Gasteiger partial charge in [-0.05, 0) is 33.1 Å². The second-order valence-corrected chi connectivity index (χ2v) is 11.8. The van der Waals surface area contributed by atoms with Crippen LogP contribution < -0.4 is 0 Å². The minimum atomic E-state index is 0.607. The van der Waals surface area contributed by atoms with Crippen LogP contribution >= 0.6 is 0 Å². The Hall–Kier alpha value is -0.660. The highest BCUT2D eigenvalue weighted by molar-refractivity contribution is 4.98. The average molecular weight is 491 g/mol. The van der Waals surface area contributed by atoms with Crippen LogP contribution in [0.4, 0.5) is 0 Å². The van der Waals surface area contributed by atoms with Crippen LogP contribution in [0, 0.1) is 0 Å². The van der Waals surface area contributed by atoms with Gasteiger partial charge in [-0.1, -0.05) is 149 Å². The van der Waals surface area contributed by atoms with Crippen molar-refractivity contribution in [1.82, 2.24) is 9.80 Å². The summed E-state index contributed by atoms with van der Waals surface area (Å²) in [5.41, 5.74) is 0. The highest BCUT2D eigenvalue weighted by Crippen LogP contribution is 2.25. The molecule has 0 radical (unpaired) electrons. The van der Waals surface area contributed by atoms with Gasteiger partial charge in [-0.25, -0.2) is 0 Å². The lowest BCUT2D eigenvalue weighted by Gasteiger charge is -2.35. The van der Waals surface area contributed by atoms with E-state index in [1.54, 1.807) is 0 Å². The number of unbranched alkanes of at least 4 members (excludes halogenated alkanes) is 21. The predicted molar refractivity (Wildman–Crippen MR) is 159 cm³/mol. The van der Waals surface area contributed by atoms with E-state index >= 15 is 0 Å². The van der Waals surface area contributed by atoms with Gasteiger partial charge in [-0.2, -0.15) is 0 Å². The van der Waals surface area contributed by atoms with Gasteiger partial charge < -0.3 is 9.80 Å². The third kappa shape index (κ3) is 17.4. The molecule has 0 saturated carbocycles. The van der Waals surface area contributed by atoms with Crippen molar-refractivity contribution in [2.75, 3.05) is 6.54 Å². The zero-order valence-electron chi connectivity index (χ0n) is 24.9. The first-order valence-electron chi connectivity index (χ1n) is 16.4. The van der Waals surface area contributed by atoms with Crippen molar-refractivity contribution < 1.29 is 0 Å². The molecule has 1 rings (SSSR count). The van der Waals surface area contributed by atoms with Gasteiger partial charge in [-0.15, -0.1) is 0 Å². The molecule has 0 aromatic heterocycles. The SMILES string of the molecule is CCCCCCCCCCCCCCCCC1N(CCCCCCCCCCC)C=CN1C(C)C. The van der Waals surface area contributed by atoms with Crippen LogP contribution in [0.25, 0.3) is 0 Å². The lowest BCUT2D eigenvalue weighted by Crippen LogP contribution is -2.42. The zero-order chi connectivity index (χ0) is 25.4. The monoisotopic (exact) mass is 491 g/mol. The maximum absolute atomic E-state index is 2.66. The second kappa shape index (κ2) is 23.7. The molecule has 0 aromatic rings. The van der Waals surface area contributed by atoms with Crippen LogP contribution in [0.2, 0.25) is 0 Å². The predicted octanol–water partition coefficient (Wildman–Crippen LogP) is 11.2. The van der Waals surface area contributed by atoms with E-state index in [2.05, 4.69) is 49.9 Å². The van der Waals surface area contributed by atoms with E-state index in [0.717, 1.165) is 0 Å². The van der Waals surface area contributed by atoms with E-state index < -0.39 is 0 Å². The Kier molecular flexibility index (Phi) is 21.9. The van der Waals surface area contributed by atoms with Crippen molar-refractivity contribution in [3.05, 3.63) is 12.4 Å². The highest BCUT2D eigenvalue weighted by atomic mass is 15.4. The molecule has 1 atom stereocenters. The summed E-state index contributed by atoms with van der Waals surface area (Å²) in [6.07, 6.45) is 39.7. The molecule has 1 aliphatic rings. The number of rotatable bonds is 26. The van der Waals surface area contributed by atoms with Gasteiger partial charge in [0, 0.05) is 25.0 Å². The quantitative estimate of drug-likeness (QED) is 0.111. The zero-order valence-corrected chi connectivity index (χ0v) is 24.9. The first-order chi connectivity index (χ1) is 17.2. The van der Waals surface area contributed by atoms with E-state index in [9.17, 15) is 0 Å².